The van der Waals surface area contributed by atoms with Gasteiger partial charge in [0.1, 0.15) is 0 Å². The molecule has 2 aromatic carbocycles. The maximum absolute atomic E-state index is 12.5. The highest BCUT2D eigenvalue weighted by Crippen LogP contribution is 2.29. The molecule has 2 aromatic rings. The zero-order valence-corrected chi connectivity index (χ0v) is 10.6. The summed E-state index contributed by atoms with van der Waals surface area (Å²) in [5.74, 6) is -0.878. The van der Waals surface area contributed by atoms with Gasteiger partial charge in [-0.15, -0.1) is 0 Å². The molecule has 0 radical (unpaired) electrons. The third-order valence-corrected chi connectivity index (χ3v) is 3.44. The zero-order valence-electron chi connectivity index (χ0n) is 10.6. The first-order valence-electron chi connectivity index (χ1n) is 6.20. The average molecular weight is 265 g/mol. The Labute approximate surface area is 115 Å². The van der Waals surface area contributed by atoms with Gasteiger partial charge in [-0.05, 0) is 0 Å². The minimum absolute atomic E-state index is 0.173. The van der Waals surface area contributed by atoms with Gasteiger partial charge in [0, 0.05) is 27.8 Å². The molecule has 1 aliphatic carbocycles. The van der Waals surface area contributed by atoms with Gasteiger partial charge in [-0.2, -0.15) is 0 Å². The second-order valence-electron chi connectivity index (χ2n) is 4.56. The van der Waals surface area contributed by atoms with Gasteiger partial charge < -0.3 is 5.73 Å². The van der Waals surface area contributed by atoms with Crippen molar-refractivity contribution in [3.05, 3.63) is 70.3 Å². The summed E-state index contributed by atoms with van der Waals surface area (Å²) in [6.07, 6.45) is 0. The van der Waals surface area contributed by atoms with Gasteiger partial charge in [-0.25, -0.2) is 0 Å². The molecule has 4 nitrogen and oxygen atoms in total. The Bertz CT molecular complexity index is 762. The number of rotatable bonds is 2. The van der Waals surface area contributed by atoms with Crippen molar-refractivity contribution >= 4 is 17.3 Å². The summed E-state index contributed by atoms with van der Waals surface area (Å²) in [5, 5.41) is 0. The van der Waals surface area contributed by atoms with Crippen molar-refractivity contribution in [2.75, 3.05) is 6.54 Å². The molecule has 0 amide bonds. The number of Topliss-reactive ketones (excluding diaryl/α,β-unsaturated/α-hetero) is 1. The van der Waals surface area contributed by atoms with Crippen LogP contribution in [0.25, 0.3) is 0 Å². The molecule has 1 aliphatic rings. The fourth-order valence-corrected chi connectivity index (χ4v) is 2.49. The van der Waals surface area contributed by atoms with Gasteiger partial charge >= 0.3 is 0 Å². The maximum Gasteiger partial charge on any atom is 0.195 e. The molecule has 0 aliphatic heterocycles. The van der Waals surface area contributed by atoms with Crippen LogP contribution in [0.4, 0.5) is 0 Å². The van der Waals surface area contributed by atoms with Crippen LogP contribution in [0.2, 0.25) is 0 Å². The summed E-state index contributed by atoms with van der Waals surface area (Å²) < 4.78 is 0. The number of hydrogen-bond donors (Lipinski definition) is 1. The molecule has 0 unspecified atom stereocenters. The van der Waals surface area contributed by atoms with Crippen molar-refractivity contribution in [1.29, 1.82) is 0 Å². The molecule has 0 aromatic heterocycles. The Morgan fingerprint density at radius 1 is 0.850 bits per heavy atom. The molecule has 2 N–H and O–H groups in total. The van der Waals surface area contributed by atoms with Gasteiger partial charge in [0.25, 0.3) is 0 Å². The van der Waals surface area contributed by atoms with Crippen molar-refractivity contribution in [2.45, 2.75) is 0 Å². The first-order valence-corrected chi connectivity index (χ1v) is 6.20. The second kappa shape index (κ2) is 4.51. The van der Waals surface area contributed by atoms with Crippen LogP contribution in [0.15, 0.2) is 42.5 Å². The lowest BCUT2D eigenvalue weighted by Crippen LogP contribution is -2.25. The Balaban J connectivity index is 2.31. The van der Waals surface area contributed by atoms with Gasteiger partial charge in [0.2, 0.25) is 0 Å². The molecule has 0 saturated carbocycles. The van der Waals surface area contributed by atoms with Crippen molar-refractivity contribution in [1.82, 2.24) is 0 Å². The zero-order chi connectivity index (χ0) is 14.3. The van der Waals surface area contributed by atoms with Crippen molar-refractivity contribution in [3.8, 4) is 0 Å². The summed E-state index contributed by atoms with van der Waals surface area (Å²) >= 11 is 0. The van der Waals surface area contributed by atoms with Gasteiger partial charge in [-0.3, -0.25) is 14.4 Å². The van der Waals surface area contributed by atoms with Crippen molar-refractivity contribution in [3.63, 3.8) is 0 Å². The quantitative estimate of drug-likeness (QED) is 0.714. The largest absolute Gasteiger partial charge is 0.324 e. The fourth-order valence-electron chi connectivity index (χ4n) is 2.49. The summed E-state index contributed by atoms with van der Waals surface area (Å²) in [4.78, 5) is 36.8. The summed E-state index contributed by atoms with van der Waals surface area (Å²) in [6, 6.07) is 11.3. The monoisotopic (exact) mass is 265 g/mol. The minimum Gasteiger partial charge on any atom is -0.324 e. The van der Waals surface area contributed by atoms with E-state index in [1.165, 1.54) is 6.07 Å². The number of carbonyl (C=O) groups excluding carboxylic acids is 3. The Kier molecular flexibility index (Phi) is 2.80. The van der Waals surface area contributed by atoms with E-state index in [1.54, 1.807) is 36.4 Å². The van der Waals surface area contributed by atoms with E-state index in [0.29, 0.717) is 11.1 Å². The highest BCUT2D eigenvalue weighted by atomic mass is 16.1. The second-order valence-corrected chi connectivity index (χ2v) is 4.56. The van der Waals surface area contributed by atoms with E-state index in [4.69, 9.17) is 5.73 Å². The Hall–Kier alpha value is -2.59. The van der Waals surface area contributed by atoms with Gasteiger partial charge in [0.05, 0.1) is 6.54 Å². The van der Waals surface area contributed by atoms with E-state index in [1.807, 2.05) is 0 Å². The molecular weight excluding hydrogens is 254 g/mol. The lowest BCUT2D eigenvalue weighted by molar-refractivity contribution is 0.0964. The van der Waals surface area contributed by atoms with Crippen LogP contribution in [0.1, 0.15) is 42.2 Å². The predicted molar refractivity (Wildman–Crippen MR) is 73.1 cm³/mol. The highest BCUT2D eigenvalue weighted by Gasteiger charge is 2.32. The third kappa shape index (κ3) is 1.62. The molecule has 0 atom stereocenters. The number of carbonyl (C=O) groups is 3. The highest BCUT2D eigenvalue weighted by molar-refractivity contribution is 6.30. The molecule has 0 heterocycles. The van der Waals surface area contributed by atoms with Gasteiger partial charge in [0.15, 0.2) is 17.3 Å². The molecule has 0 saturated heterocycles. The SMILES string of the molecule is NCC(=O)c1cccc2c1C(=O)c1ccccc1C2=O. The molecular formula is C16H11NO3. The summed E-state index contributed by atoms with van der Waals surface area (Å²) in [7, 11) is 0. The minimum atomic E-state index is -0.345. The fraction of sp³-hybridized carbons (Fsp3) is 0.0625. The molecule has 0 bridgehead atoms. The number of nitrogens with two attached hydrogens (primary N) is 1. The van der Waals surface area contributed by atoms with E-state index >= 15 is 0 Å². The summed E-state index contributed by atoms with van der Waals surface area (Å²) in [6.45, 7) is -0.195. The maximum atomic E-state index is 12.5. The number of hydrogen-bond acceptors (Lipinski definition) is 4. The first kappa shape index (κ1) is 12.4. The van der Waals surface area contributed by atoms with E-state index in [0.717, 1.165) is 0 Å². The molecule has 0 fully saturated rings. The van der Waals surface area contributed by atoms with Crippen LogP contribution in [0.3, 0.4) is 0 Å². The number of ketones is 3. The van der Waals surface area contributed by atoms with E-state index in [9.17, 15) is 14.4 Å². The normalized spacial score (nSPS) is 12.8. The van der Waals surface area contributed by atoms with Crippen LogP contribution in [0, 0.1) is 0 Å². The lowest BCUT2D eigenvalue weighted by Gasteiger charge is -2.19. The Morgan fingerprint density at radius 3 is 2.10 bits per heavy atom. The van der Waals surface area contributed by atoms with Crippen LogP contribution >= 0.6 is 0 Å². The number of benzene rings is 2. The van der Waals surface area contributed by atoms with Crippen LogP contribution in [-0.2, 0) is 0 Å². The average Bonchev–Trinajstić information content (AvgIpc) is 2.51. The lowest BCUT2D eigenvalue weighted by atomic mass is 9.81. The van der Waals surface area contributed by atoms with E-state index in [2.05, 4.69) is 0 Å². The topological polar surface area (TPSA) is 77.2 Å². The smallest absolute Gasteiger partial charge is 0.195 e. The molecule has 4 heteroatoms. The predicted octanol–water partition coefficient (Wildman–Crippen LogP) is 1.60. The van der Waals surface area contributed by atoms with E-state index in [-0.39, 0.29) is 40.6 Å². The third-order valence-electron chi connectivity index (χ3n) is 3.44. The van der Waals surface area contributed by atoms with Gasteiger partial charge in [-0.1, -0.05) is 42.5 Å². The molecule has 0 spiro atoms. The van der Waals surface area contributed by atoms with Crippen LogP contribution in [0.5, 0.6) is 0 Å². The van der Waals surface area contributed by atoms with Crippen molar-refractivity contribution in [2.24, 2.45) is 5.73 Å². The van der Waals surface area contributed by atoms with Crippen LogP contribution in [-0.4, -0.2) is 23.9 Å². The Morgan fingerprint density at radius 2 is 1.45 bits per heavy atom. The van der Waals surface area contributed by atoms with Crippen molar-refractivity contribution < 1.29 is 14.4 Å². The molecule has 20 heavy (non-hydrogen) atoms. The van der Waals surface area contributed by atoms with Crippen LogP contribution < -0.4 is 5.73 Å². The molecule has 98 valence electrons. The molecule has 3 rings (SSSR count). The van der Waals surface area contributed by atoms with E-state index < -0.39 is 0 Å². The summed E-state index contributed by atoms with van der Waals surface area (Å²) in [5.41, 5.74) is 6.74. The number of fused-ring (bicyclic) bond motifs is 2. The first-order chi connectivity index (χ1) is 9.65. The standard InChI is InChI=1S/C16H11NO3/c17-8-13(18)11-6-3-7-12-14(11)16(20)10-5-2-1-4-9(10)15(12)19/h1-7H,8,17H2.